The Morgan fingerprint density at radius 2 is 2.00 bits per heavy atom. The van der Waals surface area contributed by atoms with Crippen LogP contribution in [0.4, 0.5) is 0 Å². The maximum Gasteiger partial charge on any atom is 0.0211 e. The topological polar surface area (TPSA) is 12.0 Å². The van der Waals surface area contributed by atoms with Crippen LogP contribution in [-0.2, 0) is 0 Å². The molecule has 0 amide bonds. The first-order chi connectivity index (χ1) is 5.83. The summed E-state index contributed by atoms with van der Waals surface area (Å²) in [6.45, 7) is 3.34. The van der Waals surface area contributed by atoms with E-state index in [1.807, 2.05) is 0 Å². The molecule has 0 heterocycles. The van der Waals surface area contributed by atoms with Crippen molar-refractivity contribution < 1.29 is 0 Å². The van der Waals surface area contributed by atoms with Gasteiger partial charge in [-0.15, -0.1) is 12.3 Å². The highest BCUT2D eigenvalue weighted by Gasteiger charge is 2.16. The molecular weight excluding hydrogens is 146 g/mol. The predicted molar refractivity (Wildman–Crippen MR) is 52.9 cm³/mol. The van der Waals surface area contributed by atoms with Crippen molar-refractivity contribution in [3.8, 4) is 12.3 Å². The minimum atomic E-state index is 0.745. The molecule has 0 saturated heterocycles. The predicted octanol–water partition coefficient (Wildman–Crippen LogP) is 2.18. The third kappa shape index (κ3) is 3.28. The van der Waals surface area contributed by atoms with Gasteiger partial charge >= 0.3 is 0 Å². The van der Waals surface area contributed by atoms with Gasteiger partial charge in [0, 0.05) is 19.0 Å². The first kappa shape index (κ1) is 9.61. The Bertz CT molecular complexity index is 149. The van der Waals surface area contributed by atoms with Crippen molar-refractivity contribution in [3.05, 3.63) is 0 Å². The minimum absolute atomic E-state index is 0.745. The molecule has 1 nitrogen and oxygen atoms in total. The minimum Gasteiger partial charge on any atom is -0.313 e. The van der Waals surface area contributed by atoms with Gasteiger partial charge in [0.2, 0.25) is 0 Å². The molecule has 1 aliphatic carbocycles. The Morgan fingerprint density at radius 1 is 1.33 bits per heavy atom. The molecule has 12 heavy (non-hydrogen) atoms. The van der Waals surface area contributed by atoms with Crippen molar-refractivity contribution in [1.82, 2.24) is 5.32 Å². The highest BCUT2D eigenvalue weighted by atomic mass is 14.9. The van der Waals surface area contributed by atoms with E-state index in [4.69, 9.17) is 6.42 Å². The van der Waals surface area contributed by atoms with Gasteiger partial charge < -0.3 is 5.32 Å². The van der Waals surface area contributed by atoms with Crippen LogP contribution in [-0.4, -0.2) is 12.6 Å². The van der Waals surface area contributed by atoms with Gasteiger partial charge in [0.25, 0.3) is 0 Å². The Hall–Kier alpha value is -0.480. The summed E-state index contributed by atoms with van der Waals surface area (Å²) in [6, 6.07) is 0.745. The van der Waals surface area contributed by atoms with Crippen LogP contribution in [0, 0.1) is 18.3 Å². The lowest BCUT2D eigenvalue weighted by Gasteiger charge is -2.26. The molecule has 0 atom stereocenters. The second-order valence-electron chi connectivity index (χ2n) is 3.87. The third-order valence-electron chi connectivity index (χ3n) is 2.72. The van der Waals surface area contributed by atoms with Crippen LogP contribution in [0.1, 0.15) is 39.0 Å². The van der Waals surface area contributed by atoms with E-state index in [2.05, 4.69) is 18.2 Å². The molecule has 0 aromatic carbocycles. The lowest BCUT2D eigenvalue weighted by molar-refractivity contribution is 0.309. The Balaban J connectivity index is 2.06. The summed E-state index contributed by atoms with van der Waals surface area (Å²) in [6.07, 6.45) is 11.5. The molecule has 0 unspecified atom stereocenters. The van der Waals surface area contributed by atoms with Crippen LogP contribution < -0.4 is 5.32 Å². The molecule has 68 valence electrons. The van der Waals surface area contributed by atoms with E-state index in [9.17, 15) is 0 Å². The first-order valence-electron chi connectivity index (χ1n) is 4.99. The monoisotopic (exact) mass is 165 g/mol. The number of hydrogen-bond acceptors (Lipinski definition) is 1. The highest BCUT2D eigenvalue weighted by Crippen LogP contribution is 2.23. The summed E-state index contributed by atoms with van der Waals surface area (Å²) in [5.41, 5.74) is 0. The second-order valence-corrected chi connectivity index (χ2v) is 3.87. The Labute approximate surface area is 75.9 Å². The van der Waals surface area contributed by atoms with Crippen LogP contribution in [0.3, 0.4) is 0 Å². The van der Waals surface area contributed by atoms with Crippen molar-refractivity contribution in [1.29, 1.82) is 0 Å². The van der Waals surface area contributed by atoms with E-state index in [-0.39, 0.29) is 0 Å². The molecule has 0 aliphatic heterocycles. The number of hydrogen-bond donors (Lipinski definition) is 1. The van der Waals surface area contributed by atoms with E-state index in [0.717, 1.165) is 24.9 Å². The molecule has 1 saturated carbocycles. The molecule has 1 heteroatoms. The van der Waals surface area contributed by atoms with Gasteiger partial charge in [0.15, 0.2) is 0 Å². The summed E-state index contributed by atoms with van der Waals surface area (Å²) in [7, 11) is 0. The Kier molecular flexibility index (Phi) is 4.18. The molecule has 1 rings (SSSR count). The SMILES string of the molecule is C#CCCNC1CCC(C)CC1. The smallest absolute Gasteiger partial charge is 0.0211 e. The number of terminal acetylenes is 1. The maximum atomic E-state index is 5.18. The molecule has 1 N–H and O–H groups in total. The quantitative estimate of drug-likeness (QED) is 0.499. The molecule has 0 radical (unpaired) electrons. The summed E-state index contributed by atoms with van der Waals surface area (Å²) in [5, 5.41) is 3.50. The van der Waals surface area contributed by atoms with Gasteiger partial charge in [0.05, 0.1) is 0 Å². The third-order valence-corrected chi connectivity index (χ3v) is 2.72. The van der Waals surface area contributed by atoms with Crippen LogP contribution in [0.25, 0.3) is 0 Å². The molecule has 0 aromatic heterocycles. The summed E-state index contributed by atoms with van der Waals surface area (Å²) < 4.78 is 0. The van der Waals surface area contributed by atoms with Crippen LogP contribution in [0.5, 0.6) is 0 Å². The van der Waals surface area contributed by atoms with Crippen molar-refractivity contribution in [2.75, 3.05) is 6.54 Å². The zero-order valence-electron chi connectivity index (χ0n) is 7.97. The standard InChI is InChI=1S/C11H19N/c1-3-4-9-12-11-7-5-10(2)6-8-11/h1,10-12H,4-9H2,2H3. The van der Waals surface area contributed by atoms with Crippen molar-refractivity contribution in [2.24, 2.45) is 5.92 Å². The summed E-state index contributed by atoms with van der Waals surface area (Å²) in [4.78, 5) is 0. The number of rotatable bonds is 3. The normalized spacial score (nSPS) is 29.7. The lowest BCUT2D eigenvalue weighted by atomic mass is 9.87. The van der Waals surface area contributed by atoms with Gasteiger partial charge in [-0.25, -0.2) is 0 Å². The maximum absolute atomic E-state index is 5.18. The van der Waals surface area contributed by atoms with E-state index < -0.39 is 0 Å². The van der Waals surface area contributed by atoms with Gasteiger partial charge in [-0.2, -0.15) is 0 Å². The van der Waals surface area contributed by atoms with Crippen LogP contribution in [0.15, 0.2) is 0 Å². The van der Waals surface area contributed by atoms with E-state index in [1.165, 1.54) is 25.7 Å². The molecular formula is C11H19N. The van der Waals surface area contributed by atoms with E-state index in [0.29, 0.717) is 0 Å². The summed E-state index contributed by atoms with van der Waals surface area (Å²) in [5.74, 6) is 3.59. The van der Waals surface area contributed by atoms with Gasteiger partial charge in [-0.05, 0) is 31.6 Å². The zero-order valence-corrected chi connectivity index (χ0v) is 7.97. The average Bonchev–Trinajstić information content (AvgIpc) is 2.09. The largest absolute Gasteiger partial charge is 0.313 e. The fourth-order valence-electron chi connectivity index (χ4n) is 1.81. The molecule has 0 aromatic rings. The number of nitrogens with one attached hydrogen (secondary N) is 1. The van der Waals surface area contributed by atoms with Crippen molar-refractivity contribution >= 4 is 0 Å². The Morgan fingerprint density at radius 3 is 2.58 bits per heavy atom. The van der Waals surface area contributed by atoms with Crippen molar-refractivity contribution in [3.63, 3.8) is 0 Å². The first-order valence-corrected chi connectivity index (χ1v) is 4.99. The fraction of sp³-hybridized carbons (Fsp3) is 0.818. The highest BCUT2D eigenvalue weighted by molar-refractivity contribution is 4.85. The average molecular weight is 165 g/mol. The summed E-state index contributed by atoms with van der Waals surface area (Å²) >= 11 is 0. The molecule has 1 fully saturated rings. The molecule has 0 spiro atoms. The van der Waals surface area contributed by atoms with Crippen LogP contribution >= 0.6 is 0 Å². The van der Waals surface area contributed by atoms with E-state index >= 15 is 0 Å². The van der Waals surface area contributed by atoms with E-state index in [1.54, 1.807) is 0 Å². The molecule has 1 aliphatic rings. The van der Waals surface area contributed by atoms with Crippen molar-refractivity contribution in [2.45, 2.75) is 45.1 Å². The second kappa shape index (κ2) is 5.22. The van der Waals surface area contributed by atoms with Gasteiger partial charge in [-0.1, -0.05) is 6.92 Å². The lowest BCUT2D eigenvalue weighted by Crippen LogP contribution is -2.33. The zero-order chi connectivity index (χ0) is 8.81. The fourth-order valence-corrected chi connectivity index (χ4v) is 1.81. The van der Waals surface area contributed by atoms with Gasteiger partial charge in [-0.3, -0.25) is 0 Å². The van der Waals surface area contributed by atoms with Gasteiger partial charge in [0.1, 0.15) is 0 Å². The molecule has 0 bridgehead atoms. The van der Waals surface area contributed by atoms with Crippen LogP contribution in [0.2, 0.25) is 0 Å².